The molecular weight excluding hydrogens is 334 g/mol. The van der Waals surface area contributed by atoms with Gasteiger partial charge in [0.25, 0.3) is 5.91 Å². The molecule has 8 heteroatoms. The van der Waals surface area contributed by atoms with Crippen molar-refractivity contribution >= 4 is 11.8 Å². The summed E-state index contributed by atoms with van der Waals surface area (Å²) in [6.45, 7) is 0.700. The van der Waals surface area contributed by atoms with Crippen LogP contribution in [0, 0.1) is 0 Å². The van der Waals surface area contributed by atoms with Gasteiger partial charge in [-0.15, -0.1) is 0 Å². The summed E-state index contributed by atoms with van der Waals surface area (Å²) in [5.41, 5.74) is 1.21. The van der Waals surface area contributed by atoms with Crippen molar-refractivity contribution in [2.24, 2.45) is 0 Å². The van der Waals surface area contributed by atoms with Crippen molar-refractivity contribution in [3.05, 3.63) is 54.4 Å². The van der Waals surface area contributed by atoms with Gasteiger partial charge in [0.05, 0.1) is 18.3 Å². The second kappa shape index (κ2) is 8.48. The molecule has 2 N–H and O–H groups in total. The molecule has 1 aliphatic rings. The lowest BCUT2D eigenvalue weighted by Gasteiger charge is -2.36. The molecule has 26 heavy (non-hydrogen) atoms. The van der Waals surface area contributed by atoms with E-state index in [0.29, 0.717) is 25.8 Å². The number of carbonyl (C=O) groups is 2. The number of aliphatic hydroxyl groups excluding tert-OH is 1. The van der Waals surface area contributed by atoms with Crippen LogP contribution in [0.3, 0.4) is 0 Å². The predicted molar refractivity (Wildman–Crippen MR) is 93.0 cm³/mol. The number of piperidine rings is 1. The number of aryl methyl sites for hydroxylation is 1. The second-order valence-corrected chi connectivity index (χ2v) is 6.23. The number of aromatic nitrogens is 3. The molecule has 0 spiro atoms. The third-order valence-corrected chi connectivity index (χ3v) is 4.40. The maximum atomic E-state index is 12.4. The van der Waals surface area contributed by atoms with E-state index in [4.69, 9.17) is 0 Å². The summed E-state index contributed by atoms with van der Waals surface area (Å²) < 4.78 is 0. The van der Waals surface area contributed by atoms with Gasteiger partial charge in [-0.1, -0.05) is 6.07 Å². The summed E-state index contributed by atoms with van der Waals surface area (Å²) in [6, 6.07) is 3.37. The largest absolute Gasteiger partial charge is 0.389 e. The van der Waals surface area contributed by atoms with Crippen LogP contribution in [-0.4, -0.2) is 62.0 Å². The molecule has 0 aromatic carbocycles. The first-order valence-corrected chi connectivity index (χ1v) is 8.55. The third-order valence-electron chi connectivity index (χ3n) is 4.40. The van der Waals surface area contributed by atoms with Gasteiger partial charge >= 0.3 is 0 Å². The van der Waals surface area contributed by atoms with E-state index in [0.717, 1.165) is 5.56 Å². The van der Waals surface area contributed by atoms with Gasteiger partial charge in [0.1, 0.15) is 5.69 Å². The Bertz CT molecular complexity index is 741. The van der Waals surface area contributed by atoms with Crippen molar-refractivity contribution in [1.29, 1.82) is 0 Å². The van der Waals surface area contributed by atoms with Gasteiger partial charge in [-0.3, -0.25) is 19.6 Å². The topological polar surface area (TPSA) is 108 Å². The molecule has 2 atom stereocenters. The quantitative estimate of drug-likeness (QED) is 0.793. The highest BCUT2D eigenvalue weighted by Gasteiger charge is 2.31. The molecule has 1 fully saturated rings. The zero-order valence-corrected chi connectivity index (χ0v) is 14.3. The molecule has 0 saturated carbocycles. The summed E-state index contributed by atoms with van der Waals surface area (Å²) in [5.74, 6) is -0.384. The van der Waals surface area contributed by atoms with E-state index in [1.807, 2.05) is 12.1 Å². The zero-order valence-electron chi connectivity index (χ0n) is 14.3. The maximum Gasteiger partial charge on any atom is 0.271 e. The molecule has 1 aliphatic heterocycles. The third kappa shape index (κ3) is 4.60. The van der Waals surface area contributed by atoms with Crippen molar-refractivity contribution in [3.8, 4) is 0 Å². The van der Waals surface area contributed by atoms with Crippen LogP contribution in [0.4, 0.5) is 0 Å². The first-order chi connectivity index (χ1) is 12.6. The van der Waals surface area contributed by atoms with E-state index in [1.165, 1.54) is 18.6 Å². The average Bonchev–Trinajstić information content (AvgIpc) is 2.69. The Hall–Kier alpha value is -2.87. The van der Waals surface area contributed by atoms with Gasteiger partial charge < -0.3 is 15.3 Å². The van der Waals surface area contributed by atoms with E-state index in [9.17, 15) is 14.7 Å². The van der Waals surface area contributed by atoms with Crippen LogP contribution >= 0.6 is 0 Å². The Morgan fingerprint density at radius 1 is 1.23 bits per heavy atom. The summed E-state index contributed by atoms with van der Waals surface area (Å²) in [7, 11) is 0. The van der Waals surface area contributed by atoms with E-state index in [-0.39, 0.29) is 24.1 Å². The highest BCUT2D eigenvalue weighted by molar-refractivity contribution is 5.92. The van der Waals surface area contributed by atoms with Gasteiger partial charge in [-0.05, 0) is 24.5 Å². The van der Waals surface area contributed by atoms with Gasteiger partial charge in [0.15, 0.2) is 0 Å². The fraction of sp³-hybridized carbons (Fsp3) is 0.389. The molecule has 3 heterocycles. The van der Waals surface area contributed by atoms with E-state index < -0.39 is 12.1 Å². The number of hydrogen-bond acceptors (Lipinski definition) is 6. The molecule has 0 aliphatic carbocycles. The number of nitrogens with zero attached hydrogens (tertiary/aromatic N) is 4. The van der Waals surface area contributed by atoms with E-state index in [1.54, 1.807) is 17.3 Å². The van der Waals surface area contributed by atoms with Crippen molar-refractivity contribution in [3.63, 3.8) is 0 Å². The van der Waals surface area contributed by atoms with Gasteiger partial charge in [-0.25, -0.2) is 4.98 Å². The van der Waals surface area contributed by atoms with Crippen LogP contribution in [0.5, 0.6) is 0 Å². The Morgan fingerprint density at radius 3 is 2.77 bits per heavy atom. The van der Waals surface area contributed by atoms with E-state index >= 15 is 0 Å². The lowest BCUT2D eigenvalue weighted by Crippen LogP contribution is -2.55. The van der Waals surface area contributed by atoms with Gasteiger partial charge in [0, 0.05) is 44.3 Å². The molecule has 0 unspecified atom stereocenters. The fourth-order valence-corrected chi connectivity index (χ4v) is 2.94. The number of likely N-dealkylation sites (tertiary alicyclic amines) is 1. The SMILES string of the molecule is O=C(N[C@@H]1CCN(C(=O)CCc2cccnc2)C[C@H]1O)c1cnccn1. The molecule has 8 nitrogen and oxygen atoms in total. The summed E-state index contributed by atoms with van der Waals surface area (Å²) in [6.07, 6.45) is 8.41. The Labute approximate surface area is 151 Å². The first-order valence-electron chi connectivity index (χ1n) is 8.55. The minimum absolute atomic E-state index is 0.00777. The molecule has 1 saturated heterocycles. The maximum absolute atomic E-state index is 12.4. The molecule has 2 aromatic rings. The number of pyridine rings is 1. The molecule has 0 bridgehead atoms. The Balaban J connectivity index is 1.48. The van der Waals surface area contributed by atoms with Crippen LogP contribution in [0.15, 0.2) is 43.1 Å². The normalized spacial score (nSPS) is 19.8. The Morgan fingerprint density at radius 2 is 2.08 bits per heavy atom. The fourth-order valence-electron chi connectivity index (χ4n) is 2.94. The lowest BCUT2D eigenvalue weighted by molar-refractivity contribution is -0.134. The minimum atomic E-state index is -0.813. The Kier molecular flexibility index (Phi) is 5.85. The number of carbonyl (C=O) groups excluding carboxylic acids is 2. The highest BCUT2D eigenvalue weighted by Crippen LogP contribution is 2.14. The van der Waals surface area contributed by atoms with E-state index in [2.05, 4.69) is 20.3 Å². The van der Waals surface area contributed by atoms with Gasteiger partial charge in [0.2, 0.25) is 5.91 Å². The molecule has 2 amide bonds. The summed E-state index contributed by atoms with van der Waals surface area (Å²) >= 11 is 0. The van der Waals surface area contributed by atoms with Gasteiger partial charge in [-0.2, -0.15) is 0 Å². The van der Waals surface area contributed by atoms with Crippen molar-refractivity contribution in [2.45, 2.75) is 31.4 Å². The zero-order chi connectivity index (χ0) is 18.4. The van der Waals surface area contributed by atoms with Crippen LogP contribution in [0.2, 0.25) is 0 Å². The second-order valence-electron chi connectivity index (χ2n) is 6.23. The number of aliphatic hydroxyl groups is 1. The average molecular weight is 355 g/mol. The van der Waals surface area contributed by atoms with Crippen LogP contribution in [-0.2, 0) is 11.2 Å². The highest BCUT2D eigenvalue weighted by atomic mass is 16.3. The standard InChI is InChI=1S/C18H21N5O3/c24-16-12-23(17(25)4-3-13-2-1-6-19-10-13)9-5-14(16)22-18(26)15-11-20-7-8-21-15/h1-2,6-8,10-11,14,16,24H,3-5,9,12H2,(H,22,26)/t14-,16-/m1/s1. The number of β-amino-alcohol motifs (C(OH)–C–C–N with tert-alkyl or cyclic N) is 1. The molecule has 3 rings (SSSR count). The van der Waals surface area contributed by atoms with Crippen molar-refractivity contribution < 1.29 is 14.7 Å². The van der Waals surface area contributed by atoms with Crippen molar-refractivity contribution in [1.82, 2.24) is 25.2 Å². The van der Waals surface area contributed by atoms with Crippen LogP contribution in [0.1, 0.15) is 28.9 Å². The molecule has 0 radical (unpaired) electrons. The van der Waals surface area contributed by atoms with Crippen LogP contribution < -0.4 is 5.32 Å². The number of nitrogens with one attached hydrogen (secondary N) is 1. The number of hydrogen-bond donors (Lipinski definition) is 2. The molecule has 2 aromatic heterocycles. The first kappa shape index (κ1) is 17.9. The number of rotatable bonds is 5. The monoisotopic (exact) mass is 355 g/mol. The van der Waals surface area contributed by atoms with Crippen LogP contribution in [0.25, 0.3) is 0 Å². The lowest BCUT2D eigenvalue weighted by atomic mass is 10.0. The van der Waals surface area contributed by atoms with Crippen molar-refractivity contribution in [2.75, 3.05) is 13.1 Å². The summed E-state index contributed by atoms with van der Waals surface area (Å²) in [4.78, 5) is 38.0. The summed E-state index contributed by atoms with van der Waals surface area (Å²) in [5, 5.41) is 13.1. The number of amides is 2. The smallest absolute Gasteiger partial charge is 0.271 e. The minimum Gasteiger partial charge on any atom is -0.389 e. The molecular formula is C18H21N5O3. The molecule has 136 valence electrons. The predicted octanol–water partition coefficient (Wildman–Crippen LogP) is 0.196.